The van der Waals surface area contributed by atoms with Gasteiger partial charge in [-0.1, -0.05) is 0 Å². The highest BCUT2D eigenvalue weighted by molar-refractivity contribution is 6.00. The summed E-state index contributed by atoms with van der Waals surface area (Å²) < 4.78 is 93.4. The molecule has 1 amide bonds. The number of halogens is 7. The second-order valence-corrected chi connectivity index (χ2v) is 10.3. The Bertz CT molecular complexity index is 1800. The molecule has 0 aliphatic rings. The summed E-state index contributed by atoms with van der Waals surface area (Å²) in [4.78, 5) is 38.2. The average Bonchev–Trinajstić information content (AvgIpc) is 3.25. The van der Waals surface area contributed by atoms with Gasteiger partial charge in [-0.15, -0.1) is 0 Å². The van der Waals surface area contributed by atoms with Crippen LogP contribution in [-0.2, 0) is 30.7 Å². The number of rotatable bonds is 9. The summed E-state index contributed by atoms with van der Waals surface area (Å²) in [5.41, 5.74) is -1.56. The summed E-state index contributed by atoms with van der Waals surface area (Å²) in [5.74, 6) is -4.37. The van der Waals surface area contributed by atoms with Gasteiger partial charge in [0.15, 0.2) is 5.69 Å². The first-order valence-corrected chi connectivity index (χ1v) is 12.7. The van der Waals surface area contributed by atoms with E-state index in [-0.39, 0.29) is 51.5 Å². The molecule has 3 heterocycles. The van der Waals surface area contributed by atoms with Crippen LogP contribution >= 0.6 is 0 Å². The van der Waals surface area contributed by atoms with Gasteiger partial charge in [0.2, 0.25) is 5.91 Å². The summed E-state index contributed by atoms with van der Waals surface area (Å²) in [6.45, 7) is -0.149. The van der Waals surface area contributed by atoms with Gasteiger partial charge >= 0.3 is 24.0 Å². The van der Waals surface area contributed by atoms with E-state index in [0.717, 1.165) is 25.5 Å². The standard InChI is InChI=1S/C26H22F7N9O3/c1-40-19(23(41(44)45)39-24(40)26(31,32)33)12-42(2,3)8-4-5-21(43)38-20-10-15-18(11-34-20)35-13-36-22(15)37-14-6-7-17(27)16(9-14)25(28,29)30/h4-7,9-11,13H,8,12H2,1-3H3,(H-,34,35,36,37,38,43)/p+1. The molecule has 0 radical (unpaired) electrons. The van der Waals surface area contributed by atoms with Crippen molar-refractivity contribution in [3.63, 3.8) is 0 Å². The topological polar surface area (TPSA) is 141 Å². The van der Waals surface area contributed by atoms with E-state index in [9.17, 15) is 45.6 Å². The molecule has 19 heteroatoms. The molecule has 0 fully saturated rings. The number of nitro groups is 1. The molecule has 4 aromatic rings. The third kappa shape index (κ3) is 7.66. The van der Waals surface area contributed by atoms with Crippen molar-refractivity contribution in [1.82, 2.24) is 24.5 Å². The Kier molecular flexibility index (Phi) is 8.77. The lowest BCUT2D eigenvalue weighted by molar-refractivity contribution is -0.898. The first-order valence-electron chi connectivity index (χ1n) is 12.7. The van der Waals surface area contributed by atoms with Gasteiger partial charge in [-0.05, 0) is 40.2 Å². The Labute approximate surface area is 249 Å². The van der Waals surface area contributed by atoms with E-state index in [1.54, 1.807) is 14.1 Å². The predicted octanol–water partition coefficient (Wildman–Crippen LogP) is 5.36. The maximum Gasteiger partial charge on any atom is 0.475 e. The van der Waals surface area contributed by atoms with Crippen molar-refractivity contribution in [2.75, 3.05) is 31.3 Å². The number of likely N-dealkylation sites (N-methyl/N-ethyl adjacent to an activating group) is 1. The van der Waals surface area contributed by atoms with Crippen LogP contribution in [-0.4, -0.2) is 60.5 Å². The second kappa shape index (κ2) is 12.1. The van der Waals surface area contributed by atoms with Crippen LogP contribution in [0, 0.1) is 15.9 Å². The first-order chi connectivity index (χ1) is 20.9. The number of hydrogen-bond donors (Lipinski definition) is 2. The average molecular weight is 643 g/mol. The number of anilines is 3. The molecule has 2 N–H and O–H groups in total. The van der Waals surface area contributed by atoms with Crippen LogP contribution < -0.4 is 10.6 Å². The number of amides is 1. The third-order valence-electron chi connectivity index (χ3n) is 6.37. The molecule has 0 aliphatic carbocycles. The van der Waals surface area contributed by atoms with Gasteiger partial charge in [0.1, 0.15) is 30.3 Å². The number of imidazole rings is 1. The molecule has 0 aliphatic heterocycles. The van der Waals surface area contributed by atoms with Gasteiger partial charge in [-0.25, -0.2) is 19.3 Å². The van der Waals surface area contributed by atoms with E-state index >= 15 is 0 Å². The van der Waals surface area contributed by atoms with Gasteiger partial charge < -0.3 is 25.2 Å². The molecule has 0 bridgehead atoms. The molecule has 45 heavy (non-hydrogen) atoms. The summed E-state index contributed by atoms with van der Waals surface area (Å²) in [7, 11) is 4.21. The highest BCUT2D eigenvalue weighted by atomic mass is 19.4. The molecule has 12 nitrogen and oxygen atoms in total. The summed E-state index contributed by atoms with van der Waals surface area (Å²) >= 11 is 0. The van der Waals surface area contributed by atoms with Crippen LogP contribution in [0.5, 0.6) is 0 Å². The van der Waals surface area contributed by atoms with E-state index in [1.807, 2.05) is 0 Å². The Balaban J connectivity index is 1.47. The number of hydrogen-bond acceptors (Lipinski definition) is 8. The largest absolute Gasteiger partial charge is 0.475 e. The molecule has 0 saturated heterocycles. The fourth-order valence-electron chi connectivity index (χ4n) is 4.26. The van der Waals surface area contributed by atoms with Gasteiger partial charge in [-0.3, -0.25) is 9.36 Å². The molecule has 3 aromatic heterocycles. The van der Waals surface area contributed by atoms with Crippen LogP contribution in [0.2, 0.25) is 0 Å². The maximum absolute atomic E-state index is 13.7. The van der Waals surface area contributed by atoms with Gasteiger partial charge in [-0.2, -0.15) is 26.3 Å². The summed E-state index contributed by atoms with van der Waals surface area (Å²) in [6.07, 6.45) is -4.88. The van der Waals surface area contributed by atoms with Crippen molar-refractivity contribution in [1.29, 1.82) is 0 Å². The van der Waals surface area contributed by atoms with Crippen LogP contribution in [0.1, 0.15) is 17.1 Å². The van der Waals surface area contributed by atoms with E-state index in [4.69, 9.17) is 0 Å². The predicted molar refractivity (Wildman–Crippen MR) is 145 cm³/mol. The van der Waals surface area contributed by atoms with E-state index in [2.05, 4.69) is 30.6 Å². The summed E-state index contributed by atoms with van der Waals surface area (Å²) in [6, 6.07) is 3.69. The van der Waals surface area contributed by atoms with Crippen molar-refractivity contribution in [3.8, 4) is 0 Å². The number of nitrogens with zero attached hydrogens (tertiary/aromatic N) is 7. The number of pyridine rings is 1. The number of aromatic nitrogens is 5. The van der Waals surface area contributed by atoms with Crippen LogP contribution in [0.25, 0.3) is 10.9 Å². The molecule has 0 atom stereocenters. The third-order valence-corrected chi connectivity index (χ3v) is 6.37. The molecule has 4 rings (SSSR count). The monoisotopic (exact) mass is 642 g/mol. The van der Waals surface area contributed by atoms with Gasteiger partial charge in [0.25, 0.3) is 0 Å². The van der Waals surface area contributed by atoms with Crippen molar-refractivity contribution in [2.24, 2.45) is 7.05 Å². The summed E-state index contributed by atoms with van der Waals surface area (Å²) in [5, 5.41) is 16.8. The minimum atomic E-state index is -4.92. The number of benzene rings is 1. The lowest BCUT2D eigenvalue weighted by atomic mass is 10.1. The Hall–Kier alpha value is -5.20. The highest BCUT2D eigenvalue weighted by Gasteiger charge is 2.45. The lowest BCUT2D eigenvalue weighted by Crippen LogP contribution is -2.39. The van der Waals surface area contributed by atoms with Crippen molar-refractivity contribution in [2.45, 2.75) is 18.9 Å². The lowest BCUT2D eigenvalue weighted by Gasteiger charge is -2.28. The molecule has 238 valence electrons. The molecule has 1 aromatic carbocycles. The molecule has 0 unspecified atom stereocenters. The van der Waals surface area contributed by atoms with Crippen LogP contribution in [0.3, 0.4) is 0 Å². The number of quaternary nitrogens is 1. The zero-order valence-electron chi connectivity index (χ0n) is 23.5. The molecular weight excluding hydrogens is 619 g/mol. The van der Waals surface area contributed by atoms with Gasteiger partial charge in [0.05, 0.1) is 37.9 Å². The van der Waals surface area contributed by atoms with E-state index in [1.165, 1.54) is 18.3 Å². The quantitative estimate of drug-likeness (QED) is 0.0818. The molecular formula is C26H23F7N9O3+. The Morgan fingerprint density at radius 1 is 1.09 bits per heavy atom. The molecule has 0 saturated carbocycles. The fourth-order valence-corrected chi connectivity index (χ4v) is 4.26. The number of carbonyl (C=O) groups is 1. The Morgan fingerprint density at radius 3 is 2.44 bits per heavy atom. The number of alkyl halides is 6. The molecule has 0 spiro atoms. The van der Waals surface area contributed by atoms with Crippen molar-refractivity contribution < 1.29 is 44.9 Å². The zero-order valence-corrected chi connectivity index (χ0v) is 23.5. The number of carbonyl (C=O) groups excluding carboxylic acids is 1. The number of nitrogens with one attached hydrogen (secondary N) is 2. The zero-order chi connectivity index (χ0) is 33.3. The highest BCUT2D eigenvalue weighted by Crippen LogP contribution is 2.35. The fraction of sp³-hybridized carbons (Fsp3) is 0.269. The normalized spacial score (nSPS) is 12.6. The van der Waals surface area contributed by atoms with Crippen LogP contribution in [0.4, 0.5) is 53.9 Å². The van der Waals surface area contributed by atoms with Gasteiger partial charge in [0, 0.05) is 24.2 Å². The maximum atomic E-state index is 13.7. The second-order valence-electron chi connectivity index (χ2n) is 10.3. The van der Waals surface area contributed by atoms with Crippen molar-refractivity contribution in [3.05, 3.63) is 82.0 Å². The Morgan fingerprint density at radius 2 is 1.80 bits per heavy atom. The van der Waals surface area contributed by atoms with Crippen molar-refractivity contribution >= 4 is 40.0 Å². The first kappa shape index (κ1) is 32.7. The van der Waals surface area contributed by atoms with E-state index < -0.39 is 46.2 Å². The SMILES string of the molecule is Cn1c(C(F)(F)F)nc([N+](=O)[O-])c1C[N+](C)(C)CC=CC(=O)Nc1cc2c(Nc3ccc(F)c(C(F)(F)F)c3)ncnc2cn1. The smallest absolute Gasteiger partial charge is 0.358 e. The minimum absolute atomic E-state index is 0.0176. The van der Waals surface area contributed by atoms with Crippen LogP contribution in [0.15, 0.2) is 48.9 Å². The van der Waals surface area contributed by atoms with E-state index in [0.29, 0.717) is 16.7 Å². The minimum Gasteiger partial charge on any atom is -0.358 e. The number of fused-ring (bicyclic) bond motifs is 1.